The Balaban J connectivity index is 1.31. The van der Waals surface area contributed by atoms with E-state index in [4.69, 9.17) is 10.1 Å². The van der Waals surface area contributed by atoms with E-state index in [1.54, 1.807) is 16.5 Å². The molecule has 9 nitrogen and oxygen atoms in total. The third-order valence-electron chi connectivity index (χ3n) is 8.62. The predicted octanol–water partition coefficient (Wildman–Crippen LogP) is 6.92. The van der Waals surface area contributed by atoms with Crippen molar-refractivity contribution in [3.63, 3.8) is 0 Å². The van der Waals surface area contributed by atoms with Crippen LogP contribution in [-0.2, 0) is 0 Å². The summed E-state index contributed by atoms with van der Waals surface area (Å²) in [7, 11) is 4.01. The normalized spacial score (nSPS) is 15.1. The van der Waals surface area contributed by atoms with E-state index in [9.17, 15) is 14.9 Å². The fourth-order valence-corrected chi connectivity index (χ4v) is 6.45. The summed E-state index contributed by atoms with van der Waals surface area (Å²) in [5.74, 6) is 0. The van der Waals surface area contributed by atoms with Crippen LogP contribution in [-0.4, -0.2) is 34.1 Å². The minimum Gasteiger partial charge on any atom is -0.378 e. The number of rotatable bonds is 5. The van der Waals surface area contributed by atoms with E-state index in [0.29, 0.717) is 17.5 Å². The van der Waals surface area contributed by atoms with Crippen molar-refractivity contribution in [1.29, 1.82) is 0 Å². The molecule has 2 aromatic heterocycles. The van der Waals surface area contributed by atoms with Crippen LogP contribution in [0.1, 0.15) is 23.6 Å². The maximum absolute atomic E-state index is 13.9. The van der Waals surface area contributed by atoms with Gasteiger partial charge in [0.05, 0.1) is 33.4 Å². The van der Waals surface area contributed by atoms with Gasteiger partial charge >= 0.3 is 0 Å². The van der Waals surface area contributed by atoms with Crippen molar-refractivity contribution in [2.24, 2.45) is 5.10 Å². The first-order valence-electron chi connectivity index (χ1n) is 14.4. The van der Waals surface area contributed by atoms with E-state index in [1.165, 1.54) is 12.1 Å². The fraction of sp³-hybridized carbons (Fsp3) is 0.114. The van der Waals surface area contributed by atoms with Crippen molar-refractivity contribution < 1.29 is 4.92 Å². The zero-order valence-corrected chi connectivity index (χ0v) is 24.0. The highest BCUT2D eigenvalue weighted by molar-refractivity contribution is 6.22. The Labute approximate surface area is 251 Å². The smallest absolute Gasteiger partial charge is 0.269 e. The summed E-state index contributed by atoms with van der Waals surface area (Å²) in [6.07, 6.45) is 0.615. The van der Waals surface area contributed by atoms with Gasteiger partial charge < -0.3 is 4.90 Å². The molecule has 1 aliphatic heterocycles. The number of nitrogens with zero attached hydrogens (tertiary/aromatic N) is 6. The number of hydrazone groups is 1. The lowest BCUT2D eigenvalue weighted by Crippen LogP contribution is -2.18. The van der Waals surface area contributed by atoms with Gasteiger partial charge in [0.25, 0.3) is 11.2 Å². The molecule has 0 aliphatic carbocycles. The Morgan fingerprint density at radius 1 is 0.841 bits per heavy atom. The van der Waals surface area contributed by atoms with Gasteiger partial charge in [0, 0.05) is 60.1 Å². The summed E-state index contributed by atoms with van der Waals surface area (Å²) in [5, 5.41) is 21.8. The van der Waals surface area contributed by atoms with Crippen molar-refractivity contribution in [3.05, 3.63) is 135 Å². The number of non-ortho nitro benzene ring substituents is 1. The van der Waals surface area contributed by atoms with Gasteiger partial charge in [-0.2, -0.15) is 5.10 Å². The van der Waals surface area contributed by atoms with Crippen LogP contribution in [0.25, 0.3) is 38.2 Å². The molecular formula is C35H26N6O3. The Hall–Kier alpha value is -5.83. The number of pyridine rings is 1. The standard InChI is InChI=1S/C35H26N6O3/c1-38(2)22-12-10-21(11-13-22)32-20-30(37-40(32)23-14-16-24(17-15-23)41(43)44)25-18-19-28-33-26(25)6-5-7-27(33)34-36-29-8-3-4-9-31(29)39(34)35(28)42/h3-19,32H,20H2,1-2H3/t32-/m0/s1. The van der Waals surface area contributed by atoms with Gasteiger partial charge in [-0.05, 0) is 53.4 Å². The monoisotopic (exact) mass is 578 g/mol. The van der Waals surface area contributed by atoms with Gasteiger partial charge in [-0.3, -0.25) is 24.3 Å². The molecule has 0 radical (unpaired) electrons. The third kappa shape index (κ3) is 3.82. The average molecular weight is 579 g/mol. The molecule has 5 aromatic carbocycles. The predicted molar refractivity (Wildman–Crippen MR) is 175 cm³/mol. The second kappa shape index (κ2) is 9.60. The van der Waals surface area contributed by atoms with Crippen LogP contribution in [0.15, 0.2) is 113 Å². The molecule has 214 valence electrons. The highest BCUT2D eigenvalue weighted by Gasteiger charge is 2.31. The number of anilines is 2. The lowest BCUT2D eigenvalue weighted by molar-refractivity contribution is -0.384. The molecule has 8 rings (SSSR count). The largest absolute Gasteiger partial charge is 0.378 e. The number of nitro groups is 1. The molecule has 3 heterocycles. The summed E-state index contributed by atoms with van der Waals surface area (Å²) in [6.45, 7) is 0. The van der Waals surface area contributed by atoms with E-state index < -0.39 is 4.92 Å². The molecule has 0 spiro atoms. The second-order valence-corrected chi connectivity index (χ2v) is 11.3. The molecule has 44 heavy (non-hydrogen) atoms. The second-order valence-electron chi connectivity index (χ2n) is 11.3. The van der Waals surface area contributed by atoms with E-state index in [0.717, 1.165) is 55.4 Å². The summed E-state index contributed by atoms with van der Waals surface area (Å²) < 4.78 is 1.71. The average Bonchev–Trinajstić information content (AvgIpc) is 3.66. The molecule has 1 aliphatic rings. The number of imidazole rings is 1. The van der Waals surface area contributed by atoms with Crippen LogP contribution in [0.3, 0.4) is 0 Å². The molecule has 0 saturated carbocycles. The Morgan fingerprint density at radius 2 is 1.59 bits per heavy atom. The van der Waals surface area contributed by atoms with Gasteiger partial charge in [0.1, 0.15) is 5.65 Å². The molecule has 1 atom stereocenters. The molecule has 0 N–H and O–H groups in total. The third-order valence-corrected chi connectivity index (χ3v) is 8.62. The Morgan fingerprint density at radius 3 is 2.34 bits per heavy atom. The van der Waals surface area contributed by atoms with Gasteiger partial charge in [0.2, 0.25) is 0 Å². The summed E-state index contributed by atoms with van der Waals surface area (Å²) in [4.78, 5) is 31.7. The van der Waals surface area contributed by atoms with Gasteiger partial charge in [-0.25, -0.2) is 4.98 Å². The van der Waals surface area contributed by atoms with Crippen molar-refractivity contribution in [2.75, 3.05) is 24.0 Å². The van der Waals surface area contributed by atoms with Crippen LogP contribution in [0.5, 0.6) is 0 Å². The number of nitro benzene ring substituents is 1. The molecule has 7 aromatic rings. The molecule has 0 bridgehead atoms. The van der Waals surface area contributed by atoms with Gasteiger partial charge in [-0.1, -0.05) is 48.5 Å². The Bertz CT molecular complexity index is 2340. The van der Waals surface area contributed by atoms with E-state index in [1.807, 2.05) is 73.7 Å². The lowest BCUT2D eigenvalue weighted by atomic mass is 9.92. The summed E-state index contributed by atoms with van der Waals surface area (Å²) in [5.41, 5.74) is 6.91. The highest BCUT2D eigenvalue weighted by Crippen LogP contribution is 2.40. The van der Waals surface area contributed by atoms with Crippen LogP contribution in [0.2, 0.25) is 0 Å². The van der Waals surface area contributed by atoms with Crippen molar-refractivity contribution in [1.82, 2.24) is 9.38 Å². The van der Waals surface area contributed by atoms with Gasteiger partial charge in [0.15, 0.2) is 0 Å². The highest BCUT2D eigenvalue weighted by atomic mass is 16.6. The number of para-hydroxylation sites is 2. The molecule has 9 heteroatoms. The molecule has 0 saturated heterocycles. The van der Waals surface area contributed by atoms with E-state index in [2.05, 4.69) is 29.2 Å². The van der Waals surface area contributed by atoms with Crippen LogP contribution in [0.4, 0.5) is 17.1 Å². The summed E-state index contributed by atoms with van der Waals surface area (Å²) in [6, 6.07) is 32.4. The number of aromatic nitrogens is 2. The van der Waals surface area contributed by atoms with Gasteiger partial charge in [-0.15, -0.1) is 0 Å². The minimum atomic E-state index is -0.398. The molecular weight excluding hydrogens is 552 g/mol. The van der Waals surface area contributed by atoms with Crippen LogP contribution >= 0.6 is 0 Å². The number of hydrogen-bond acceptors (Lipinski definition) is 7. The van der Waals surface area contributed by atoms with E-state index in [-0.39, 0.29) is 17.3 Å². The molecule has 0 amide bonds. The number of benzene rings is 5. The lowest BCUT2D eigenvalue weighted by Gasteiger charge is -2.24. The number of hydrogen-bond donors (Lipinski definition) is 0. The zero-order chi connectivity index (χ0) is 30.1. The van der Waals surface area contributed by atoms with Crippen molar-refractivity contribution >= 4 is 61.0 Å². The van der Waals surface area contributed by atoms with E-state index >= 15 is 0 Å². The first-order chi connectivity index (χ1) is 21.4. The zero-order valence-electron chi connectivity index (χ0n) is 24.0. The SMILES string of the molecule is CN(C)c1ccc([C@@H]2CC(c3ccc4c(=O)n5c6ccccc6nc5c5cccc3c45)=NN2c2ccc([N+](=O)[O-])cc2)cc1. The minimum absolute atomic E-state index is 0.0308. The van der Waals surface area contributed by atoms with Crippen LogP contribution < -0.4 is 15.5 Å². The molecule has 0 fully saturated rings. The van der Waals surface area contributed by atoms with Crippen molar-refractivity contribution in [3.8, 4) is 0 Å². The Kier molecular flexibility index (Phi) is 5.64. The molecule has 0 unspecified atom stereocenters. The quantitative estimate of drug-likeness (QED) is 0.162. The first-order valence-corrected chi connectivity index (χ1v) is 14.4. The van der Waals surface area contributed by atoms with Crippen molar-refractivity contribution in [2.45, 2.75) is 12.5 Å². The number of fused-ring (bicyclic) bond motifs is 4. The first kappa shape index (κ1) is 25.8. The topological polar surface area (TPSA) is 96.3 Å². The summed E-state index contributed by atoms with van der Waals surface area (Å²) >= 11 is 0. The fourth-order valence-electron chi connectivity index (χ4n) is 6.45. The maximum Gasteiger partial charge on any atom is 0.269 e. The maximum atomic E-state index is 13.9. The van der Waals surface area contributed by atoms with Crippen LogP contribution in [0, 0.1) is 10.1 Å².